The van der Waals surface area contributed by atoms with Crippen molar-refractivity contribution in [2.45, 2.75) is 19.3 Å². The maximum Gasteiger partial charge on any atom is 0.270 e. The van der Waals surface area contributed by atoms with Crippen LogP contribution in [0.15, 0.2) is 53.3 Å². The average Bonchev–Trinajstić information content (AvgIpc) is 3.25. The fraction of sp³-hybridized carbons (Fsp3) is 0.385. The molecule has 6 nitrogen and oxygen atoms in total. The number of nitriles is 1. The second-order valence-electron chi connectivity index (χ2n) is 9.08. The van der Waals surface area contributed by atoms with Gasteiger partial charge in [-0.05, 0) is 42.9 Å². The minimum Gasteiger partial charge on any atom is -0.497 e. The smallest absolute Gasteiger partial charge is 0.270 e. The Kier molecular flexibility index (Phi) is 5.05. The molecule has 6 heteroatoms. The molecular formula is C26H28N4O2. The lowest BCUT2D eigenvalue weighted by Gasteiger charge is -2.41. The zero-order chi connectivity index (χ0) is 22.3. The monoisotopic (exact) mass is 428 g/mol. The predicted molar refractivity (Wildman–Crippen MR) is 128 cm³/mol. The van der Waals surface area contributed by atoms with E-state index in [1.807, 2.05) is 36.4 Å². The summed E-state index contributed by atoms with van der Waals surface area (Å²) in [4.78, 5) is 17.6. The predicted octanol–water partition coefficient (Wildman–Crippen LogP) is 3.92. The molecule has 1 spiro atoms. The number of anilines is 2. The third-order valence-electron chi connectivity index (χ3n) is 7.38. The molecule has 0 bridgehead atoms. The number of para-hydroxylation sites is 1. The molecular weight excluding hydrogens is 400 g/mol. The van der Waals surface area contributed by atoms with E-state index in [-0.39, 0.29) is 16.5 Å². The molecule has 0 N–H and O–H groups in total. The number of ether oxygens (including phenoxy) is 1. The number of aryl methyl sites for hydroxylation is 1. The number of methoxy groups -OCH3 is 1. The van der Waals surface area contributed by atoms with E-state index >= 15 is 0 Å². The summed E-state index contributed by atoms with van der Waals surface area (Å²) >= 11 is 0. The summed E-state index contributed by atoms with van der Waals surface area (Å²) in [6.07, 6.45) is 3.28. The van der Waals surface area contributed by atoms with Gasteiger partial charge in [0, 0.05) is 50.4 Å². The highest BCUT2D eigenvalue weighted by Crippen LogP contribution is 2.44. The molecule has 32 heavy (non-hydrogen) atoms. The molecule has 2 aliphatic heterocycles. The Morgan fingerprint density at radius 3 is 2.44 bits per heavy atom. The van der Waals surface area contributed by atoms with Crippen LogP contribution < -0.4 is 20.1 Å². The van der Waals surface area contributed by atoms with Gasteiger partial charge in [0.25, 0.3) is 5.56 Å². The molecule has 1 aromatic heterocycles. The lowest BCUT2D eigenvalue weighted by atomic mass is 9.77. The van der Waals surface area contributed by atoms with E-state index < -0.39 is 0 Å². The molecule has 2 fully saturated rings. The molecule has 0 radical (unpaired) electrons. The molecule has 0 unspecified atom stereocenters. The molecule has 2 aliphatic rings. The first-order chi connectivity index (χ1) is 15.5. The van der Waals surface area contributed by atoms with Crippen LogP contribution >= 0.6 is 0 Å². The Balaban J connectivity index is 1.40. The van der Waals surface area contributed by atoms with Gasteiger partial charge >= 0.3 is 0 Å². The van der Waals surface area contributed by atoms with Gasteiger partial charge in [0.15, 0.2) is 0 Å². The van der Waals surface area contributed by atoms with Crippen LogP contribution in [0.25, 0.3) is 10.9 Å². The van der Waals surface area contributed by atoms with Gasteiger partial charge in [-0.1, -0.05) is 24.3 Å². The van der Waals surface area contributed by atoms with Crippen molar-refractivity contribution in [3.63, 3.8) is 0 Å². The molecule has 5 rings (SSSR count). The van der Waals surface area contributed by atoms with Crippen molar-refractivity contribution in [1.82, 2.24) is 4.57 Å². The minimum absolute atomic E-state index is 0.216. The highest BCUT2D eigenvalue weighted by Gasteiger charge is 2.41. The molecule has 3 heterocycles. The van der Waals surface area contributed by atoms with E-state index in [1.165, 1.54) is 12.1 Å². The van der Waals surface area contributed by atoms with Crippen molar-refractivity contribution in [2.75, 3.05) is 43.1 Å². The maximum atomic E-state index is 12.9. The summed E-state index contributed by atoms with van der Waals surface area (Å²) in [5.74, 6) is 0.889. The van der Waals surface area contributed by atoms with Gasteiger partial charge in [-0.3, -0.25) is 4.79 Å². The summed E-state index contributed by atoms with van der Waals surface area (Å²) in [5, 5.41) is 10.8. The van der Waals surface area contributed by atoms with E-state index in [0.29, 0.717) is 0 Å². The topological polar surface area (TPSA) is 61.5 Å². The first-order valence-corrected chi connectivity index (χ1v) is 11.2. The third kappa shape index (κ3) is 3.29. The van der Waals surface area contributed by atoms with Crippen molar-refractivity contribution < 1.29 is 4.74 Å². The number of benzene rings is 2. The summed E-state index contributed by atoms with van der Waals surface area (Å²) < 4.78 is 6.99. The molecule has 2 saturated heterocycles. The zero-order valence-electron chi connectivity index (χ0n) is 18.7. The fourth-order valence-corrected chi connectivity index (χ4v) is 5.48. The number of piperidine rings is 1. The molecule has 0 amide bonds. The van der Waals surface area contributed by atoms with E-state index in [9.17, 15) is 10.1 Å². The average molecular weight is 429 g/mol. The highest BCUT2D eigenvalue weighted by molar-refractivity contribution is 5.94. The van der Waals surface area contributed by atoms with Crippen LogP contribution in [-0.4, -0.2) is 37.9 Å². The number of hydrogen-bond acceptors (Lipinski definition) is 5. The van der Waals surface area contributed by atoms with Gasteiger partial charge in [-0.2, -0.15) is 5.26 Å². The van der Waals surface area contributed by atoms with Crippen molar-refractivity contribution in [1.29, 1.82) is 5.26 Å². The molecule has 3 aromatic rings. The fourth-order valence-electron chi connectivity index (χ4n) is 5.48. The number of hydrogen-bond donors (Lipinski definition) is 0. The van der Waals surface area contributed by atoms with Gasteiger partial charge in [-0.15, -0.1) is 0 Å². The van der Waals surface area contributed by atoms with Crippen LogP contribution in [0.5, 0.6) is 5.75 Å². The van der Waals surface area contributed by atoms with E-state index in [2.05, 4.69) is 28.0 Å². The Hall–Kier alpha value is -3.46. The number of fused-ring (bicyclic) bond motifs is 1. The Labute approximate surface area is 188 Å². The van der Waals surface area contributed by atoms with Crippen molar-refractivity contribution in [3.8, 4) is 11.8 Å². The third-order valence-corrected chi connectivity index (χ3v) is 7.38. The van der Waals surface area contributed by atoms with Crippen LogP contribution in [0.2, 0.25) is 0 Å². The number of nitrogens with zero attached hydrogens (tertiary/aromatic N) is 4. The molecule has 0 atom stereocenters. The Morgan fingerprint density at radius 2 is 1.72 bits per heavy atom. The van der Waals surface area contributed by atoms with Crippen LogP contribution in [-0.2, 0) is 7.05 Å². The first-order valence-electron chi connectivity index (χ1n) is 11.2. The zero-order valence-corrected chi connectivity index (χ0v) is 18.7. The Morgan fingerprint density at radius 1 is 1.00 bits per heavy atom. The summed E-state index contributed by atoms with van der Waals surface area (Å²) in [5.41, 5.74) is 3.22. The van der Waals surface area contributed by atoms with Gasteiger partial charge in [0.2, 0.25) is 0 Å². The van der Waals surface area contributed by atoms with E-state index in [0.717, 1.165) is 61.4 Å². The minimum atomic E-state index is -0.216. The second kappa shape index (κ2) is 7.90. The van der Waals surface area contributed by atoms with Crippen molar-refractivity contribution in [2.24, 2.45) is 12.5 Å². The summed E-state index contributed by atoms with van der Waals surface area (Å²) in [7, 11) is 3.45. The van der Waals surface area contributed by atoms with Crippen LogP contribution in [0.4, 0.5) is 11.4 Å². The van der Waals surface area contributed by atoms with Crippen molar-refractivity contribution in [3.05, 3.63) is 64.4 Å². The van der Waals surface area contributed by atoms with Crippen LogP contribution in [0.1, 0.15) is 24.8 Å². The van der Waals surface area contributed by atoms with E-state index in [1.54, 1.807) is 18.7 Å². The molecule has 0 aliphatic carbocycles. The summed E-state index contributed by atoms with van der Waals surface area (Å²) in [6, 6.07) is 18.4. The normalized spacial score (nSPS) is 17.7. The second-order valence-corrected chi connectivity index (χ2v) is 9.08. The lowest BCUT2D eigenvalue weighted by molar-refractivity contribution is 0.250. The molecule has 0 saturated carbocycles. The first kappa shape index (κ1) is 20.4. The standard InChI is InChI=1S/C26H28N4O2/c1-28-23-9-4-3-8-21(23)24(22(17-27)25(28)31)29-13-10-26(11-14-29)12-15-30(18-26)19-6-5-7-20(16-19)32-2/h3-9,16H,10-15,18H2,1-2H3. The van der Waals surface area contributed by atoms with Gasteiger partial charge in [0.1, 0.15) is 17.4 Å². The SMILES string of the molecule is COc1cccc(N2CCC3(CCN(c4c(C#N)c(=O)n(C)c5ccccc45)CC3)C2)c1. The maximum absolute atomic E-state index is 12.9. The lowest BCUT2D eigenvalue weighted by Crippen LogP contribution is -2.42. The summed E-state index contributed by atoms with van der Waals surface area (Å²) in [6.45, 7) is 3.80. The van der Waals surface area contributed by atoms with Crippen LogP contribution in [0.3, 0.4) is 0 Å². The number of aromatic nitrogens is 1. The van der Waals surface area contributed by atoms with Crippen molar-refractivity contribution >= 4 is 22.3 Å². The highest BCUT2D eigenvalue weighted by atomic mass is 16.5. The van der Waals surface area contributed by atoms with Gasteiger partial charge in [-0.25, -0.2) is 0 Å². The van der Waals surface area contributed by atoms with Gasteiger partial charge in [0.05, 0.1) is 18.3 Å². The molecule has 2 aromatic carbocycles. The number of rotatable bonds is 3. The van der Waals surface area contributed by atoms with Crippen LogP contribution in [0, 0.1) is 16.7 Å². The largest absolute Gasteiger partial charge is 0.497 e. The van der Waals surface area contributed by atoms with Gasteiger partial charge < -0.3 is 19.1 Å². The quantitative estimate of drug-likeness (QED) is 0.633. The van der Waals surface area contributed by atoms with E-state index in [4.69, 9.17) is 4.74 Å². The Bertz CT molecular complexity index is 1270. The molecule has 164 valence electrons. The number of pyridine rings is 1.